The minimum Gasteiger partial charge on any atom is -0.350 e. The summed E-state index contributed by atoms with van der Waals surface area (Å²) in [5.74, 6) is -1.39. The molecule has 2 aromatic carbocycles. The molecule has 0 spiro atoms. The van der Waals surface area contributed by atoms with Crippen LogP contribution in [0.1, 0.15) is 24.5 Å². The first kappa shape index (κ1) is 18.6. The molecule has 0 radical (unpaired) electrons. The molecular formula is C20H20FN3O3. The number of hydrogen-bond donors (Lipinski definition) is 2. The molecule has 7 heteroatoms. The number of amides is 4. The predicted octanol–water partition coefficient (Wildman–Crippen LogP) is 2.30. The van der Waals surface area contributed by atoms with Crippen LogP contribution in [0.4, 0.5) is 9.18 Å². The molecule has 0 aliphatic carbocycles. The Kier molecular flexibility index (Phi) is 5.21. The van der Waals surface area contributed by atoms with E-state index in [1.807, 2.05) is 30.3 Å². The van der Waals surface area contributed by atoms with Crippen LogP contribution in [0.25, 0.3) is 0 Å². The lowest BCUT2D eigenvalue weighted by Gasteiger charge is -2.25. The summed E-state index contributed by atoms with van der Waals surface area (Å²) in [4.78, 5) is 38.4. The van der Waals surface area contributed by atoms with Gasteiger partial charge in [0.1, 0.15) is 17.9 Å². The molecule has 0 unspecified atom stereocenters. The van der Waals surface area contributed by atoms with Crippen LogP contribution in [0.2, 0.25) is 0 Å². The van der Waals surface area contributed by atoms with Crippen LogP contribution in [0.3, 0.4) is 0 Å². The number of urea groups is 1. The van der Waals surface area contributed by atoms with E-state index in [-0.39, 0.29) is 13.0 Å². The van der Waals surface area contributed by atoms with Crippen LogP contribution >= 0.6 is 0 Å². The van der Waals surface area contributed by atoms with Crippen LogP contribution < -0.4 is 10.6 Å². The highest BCUT2D eigenvalue weighted by Gasteiger charge is 2.51. The summed E-state index contributed by atoms with van der Waals surface area (Å²) in [6.45, 7) is 1.68. The Morgan fingerprint density at radius 3 is 2.41 bits per heavy atom. The van der Waals surface area contributed by atoms with Gasteiger partial charge < -0.3 is 10.6 Å². The minimum absolute atomic E-state index is 0.283. The first-order valence-corrected chi connectivity index (χ1v) is 8.67. The number of imide groups is 1. The number of hydrogen-bond acceptors (Lipinski definition) is 3. The Bertz CT molecular complexity index is 855. The summed E-state index contributed by atoms with van der Waals surface area (Å²) in [5.41, 5.74) is 0.110. The van der Waals surface area contributed by atoms with Gasteiger partial charge in [0, 0.05) is 6.54 Å². The lowest BCUT2D eigenvalue weighted by molar-refractivity contribution is -0.135. The summed E-state index contributed by atoms with van der Waals surface area (Å²) < 4.78 is 13.2. The predicted molar refractivity (Wildman–Crippen MR) is 96.9 cm³/mol. The normalized spacial score (nSPS) is 19.1. The average Bonchev–Trinajstić information content (AvgIpc) is 2.93. The molecule has 140 valence electrons. The number of nitrogens with zero attached hydrogens (tertiary/aromatic N) is 1. The fourth-order valence-corrected chi connectivity index (χ4v) is 3.14. The molecule has 1 fully saturated rings. The van der Waals surface area contributed by atoms with Crippen molar-refractivity contribution in [1.29, 1.82) is 0 Å². The molecule has 2 N–H and O–H groups in total. The number of benzene rings is 2. The molecule has 3 rings (SSSR count). The Morgan fingerprint density at radius 1 is 1.11 bits per heavy atom. The molecule has 2 aromatic rings. The van der Waals surface area contributed by atoms with Gasteiger partial charge in [-0.15, -0.1) is 0 Å². The topological polar surface area (TPSA) is 78.5 Å². The number of carbonyl (C=O) groups is 3. The van der Waals surface area contributed by atoms with Gasteiger partial charge in [-0.3, -0.25) is 14.5 Å². The first-order chi connectivity index (χ1) is 13.0. The van der Waals surface area contributed by atoms with Crippen molar-refractivity contribution in [2.75, 3.05) is 6.54 Å². The van der Waals surface area contributed by atoms with Crippen LogP contribution in [-0.2, 0) is 21.7 Å². The van der Waals surface area contributed by atoms with Crippen molar-refractivity contribution in [3.63, 3.8) is 0 Å². The van der Waals surface area contributed by atoms with E-state index in [0.29, 0.717) is 12.1 Å². The van der Waals surface area contributed by atoms with Gasteiger partial charge in [0.2, 0.25) is 5.91 Å². The fraction of sp³-hybridized carbons (Fsp3) is 0.250. The van der Waals surface area contributed by atoms with E-state index in [1.54, 1.807) is 6.92 Å². The van der Waals surface area contributed by atoms with Crippen molar-refractivity contribution in [2.45, 2.75) is 25.4 Å². The maximum atomic E-state index is 13.2. The number of rotatable bonds is 6. The Balaban J connectivity index is 1.71. The monoisotopic (exact) mass is 369 g/mol. The number of carbonyl (C=O) groups excluding carboxylic acids is 3. The maximum absolute atomic E-state index is 13.2. The third-order valence-corrected chi connectivity index (χ3v) is 4.68. The molecule has 1 heterocycles. The summed E-state index contributed by atoms with van der Waals surface area (Å²) in [6, 6.07) is 14.1. The van der Waals surface area contributed by atoms with E-state index in [2.05, 4.69) is 10.6 Å². The third-order valence-electron chi connectivity index (χ3n) is 4.68. The van der Waals surface area contributed by atoms with Crippen molar-refractivity contribution in [1.82, 2.24) is 15.5 Å². The molecule has 0 saturated carbocycles. The lowest BCUT2D eigenvalue weighted by Crippen LogP contribution is -2.44. The van der Waals surface area contributed by atoms with Gasteiger partial charge in [0.05, 0.1) is 0 Å². The summed E-state index contributed by atoms with van der Waals surface area (Å²) in [6.07, 6.45) is 0.283. The van der Waals surface area contributed by atoms with E-state index < -0.39 is 29.2 Å². The third kappa shape index (κ3) is 3.67. The summed E-state index contributed by atoms with van der Waals surface area (Å²) in [5, 5.41) is 5.36. The number of halogens is 1. The molecule has 6 nitrogen and oxygen atoms in total. The van der Waals surface area contributed by atoms with Gasteiger partial charge in [-0.25, -0.2) is 9.18 Å². The Hall–Kier alpha value is -3.22. The van der Waals surface area contributed by atoms with Gasteiger partial charge in [-0.2, -0.15) is 0 Å². The highest BCUT2D eigenvalue weighted by Crippen LogP contribution is 2.32. The zero-order chi connectivity index (χ0) is 19.4. The lowest BCUT2D eigenvalue weighted by atomic mass is 9.87. The fourth-order valence-electron chi connectivity index (χ4n) is 3.14. The van der Waals surface area contributed by atoms with Gasteiger partial charge in [0.25, 0.3) is 5.91 Å². The minimum atomic E-state index is -1.29. The van der Waals surface area contributed by atoms with E-state index in [9.17, 15) is 18.8 Å². The van der Waals surface area contributed by atoms with E-state index in [0.717, 1.165) is 10.5 Å². The van der Waals surface area contributed by atoms with E-state index >= 15 is 0 Å². The van der Waals surface area contributed by atoms with Gasteiger partial charge in [-0.05, 0) is 29.7 Å². The van der Waals surface area contributed by atoms with Crippen LogP contribution in [-0.4, -0.2) is 29.3 Å². The molecule has 4 amide bonds. The smallest absolute Gasteiger partial charge is 0.325 e. The van der Waals surface area contributed by atoms with Gasteiger partial charge in [-0.1, -0.05) is 49.4 Å². The maximum Gasteiger partial charge on any atom is 0.325 e. The molecule has 27 heavy (non-hydrogen) atoms. The molecular weight excluding hydrogens is 349 g/mol. The van der Waals surface area contributed by atoms with Gasteiger partial charge >= 0.3 is 6.03 Å². The molecule has 0 bridgehead atoms. The highest BCUT2D eigenvalue weighted by molar-refractivity contribution is 6.09. The molecule has 1 aliphatic rings. The van der Waals surface area contributed by atoms with Crippen LogP contribution in [0, 0.1) is 5.82 Å². The molecule has 1 atom stereocenters. The molecule has 1 aliphatic heterocycles. The molecule has 0 aromatic heterocycles. The molecule has 1 saturated heterocycles. The second-order valence-corrected chi connectivity index (χ2v) is 6.35. The second kappa shape index (κ2) is 7.57. The Morgan fingerprint density at radius 2 is 1.78 bits per heavy atom. The standard InChI is InChI=1S/C20H20FN3O3/c1-2-20(15-8-10-16(21)11-9-15)18(26)24(19(27)23-20)13-17(25)22-12-14-6-4-3-5-7-14/h3-11H,2,12-13H2,1H3,(H,22,25)(H,23,27)/t20-/m1/s1. The quantitative estimate of drug-likeness (QED) is 0.767. The van der Waals surface area contributed by atoms with Crippen molar-refractivity contribution in [3.8, 4) is 0 Å². The van der Waals surface area contributed by atoms with Crippen molar-refractivity contribution < 1.29 is 18.8 Å². The largest absolute Gasteiger partial charge is 0.350 e. The van der Waals surface area contributed by atoms with Gasteiger partial charge in [0.15, 0.2) is 0 Å². The average molecular weight is 369 g/mol. The zero-order valence-electron chi connectivity index (χ0n) is 14.9. The second-order valence-electron chi connectivity index (χ2n) is 6.35. The van der Waals surface area contributed by atoms with E-state index in [1.165, 1.54) is 24.3 Å². The zero-order valence-corrected chi connectivity index (χ0v) is 14.9. The van der Waals surface area contributed by atoms with E-state index in [4.69, 9.17) is 0 Å². The van der Waals surface area contributed by atoms with Crippen molar-refractivity contribution >= 4 is 17.8 Å². The SMILES string of the molecule is CC[C@]1(c2ccc(F)cc2)NC(=O)N(CC(=O)NCc2ccccc2)C1=O. The number of nitrogens with one attached hydrogen (secondary N) is 2. The van der Waals surface area contributed by atoms with Crippen LogP contribution in [0.5, 0.6) is 0 Å². The Labute approximate surface area is 156 Å². The first-order valence-electron chi connectivity index (χ1n) is 8.67. The summed E-state index contributed by atoms with van der Waals surface area (Å²) in [7, 11) is 0. The van der Waals surface area contributed by atoms with Crippen LogP contribution in [0.15, 0.2) is 54.6 Å². The van der Waals surface area contributed by atoms with Crippen molar-refractivity contribution in [3.05, 3.63) is 71.5 Å². The highest BCUT2D eigenvalue weighted by atomic mass is 19.1. The van der Waals surface area contributed by atoms with Crippen molar-refractivity contribution in [2.24, 2.45) is 0 Å². The summed E-state index contributed by atoms with van der Waals surface area (Å²) >= 11 is 0.